The number of halogens is 1. The van der Waals surface area contributed by atoms with Gasteiger partial charge in [0.2, 0.25) is 0 Å². The fourth-order valence-corrected chi connectivity index (χ4v) is 2.23. The number of rotatable bonds is 2. The van der Waals surface area contributed by atoms with E-state index in [0.29, 0.717) is 5.02 Å². The number of aryl methyl sites for hydroxylation is 3. The van der Waals surface area contributed by atoms with E-state index in [4.69, 9.17) is 17.3 Å². The van der Waals surface area contributed by atoms with E-state index >= 15 is 0 Å². The van der Waals surface area contributed by atoms with E-state index in [2.05, 4.69) is 10.1 Å². The number of aromatic nitrogens is 3. The van der Waals surface area contributed by atoms with Crippen LogP contribution in [0.4, 0.5) is 0 Å². The van der Waals surface area contributed by atoms with Gasteiger partial charge in [0, 0.05) is 18.4 Å². The first kappa shape index (κ1) is 12.1. The summed E-state index contributed by atoms with van der Waals surface area (Å²) in [5.74, 6) is 0. The molecule has 2 aromatic heterocycles. The summed E-state index contributed by atoms with van der Waals surface area (Å²) in [6, 6.07) is 3.64. The summed E-state index contributed by atoms with van der Waals surface area (Å²) in [6.07, 6.45) is 1.60. The van der Waals surface area contributed by atoms with Gasteiger partial charge in [-0.3, -0.25) is 9.67 Å². The van der Waals surface area contributed by atoms with Gasteiger partial charge in [-0.05, 0) is 25.5 Å². The number of nitrogens with two attached hydrogens (primary N) is 1. The summed E-state index contributed by atoms with van der Waals surface area (Å²) >= 11 is 6.09. The van der Waals surface area contributed by atoms with Crippen molar-refractivity contribution in [1.29, 1.82) is 0 Å². The molecule has 2 heterocycles. The van der Waals surface area contributed by atoms with E-state index in [0.717, 1.165) is 22.6 Å². The molecule has 5 heteroatoms. The van der Waals surface area contributed by atoms with E-state index in [-0.39, 0.29) is 6.04 Å². The molecule has 0 aliphatic rings. The number of pyridine rings is 1. The maximum absolute atomic E-state index is 6.23. The van der Waals surface area contributed by atoms with Crippen molar-refractivity contribution in [3.05, 3.63) is 46.0 Å². The second-order valence-corrected chi connectivity index (χ2v) is 4.51. The first-order valence-electron chi connectivity index (χ1n) is 5.38. The molecule has 1 atom stereocenters. The van der Waals surface area contributed by atoms with Crippen molar-refractivity contribution in [1.82, 2.24) is 14.8 Å². The Bertz CT molecular complexity index is 528. The Labute approximate surface area is 105 Å². The van der Waals surface area contributed by atoms with Crippen molar-refractivity contribution in [2.24, 2.45) is 12.8 Å². The van der Waals surface area contributed by atoms with Crippen LogP contribution in [0.25, 0.3) is 0 Å². The van der Waals surface area contributed by atoms with Crippen molar-refractivity contribution in [3.63, 3.8) is 0 Å². The van der Waals surface area contributed by atoms with Crippen molar-refractivity contribution in [2.45, 2.75) is 19.9 Å². The van der Waals surface area contributed by atoms with Crippen LogP contribution < -0.4 is 5.73 Å². The Morgan fingerprint density at radius 3 is 2.59 bits per heavy atom. The topological polar surface area (TPSA) is 56.7 Å². The van der Waals surface area contributed by atoms with Crippen LogP contribution in [0.3, 0.4) is 0 Å². The van der Waals surface area contributed by atoms with Gasteiger partial charge in [0.05, 0.1) is 23.0 Å². The number of nitrogens with zero attached hydrogens (tertiary/aromatic N) is 3. The molecule has 0 saturated heterocycles. The monoisotopic (exact) mass is 250 g/mol. The average Bonchev–Trinajstić information content (AvgIpc) is 2.58. The van der Waals surface area contributed by atoms with Gasteiger partial charge in [0.15, 0.2) is 0 Å². The Kier molecular flexibility index (Phi) is 3.17. The molecule has 0 bridgehead atoms. The van der Waals surface area contributed by atoms with Gasteiger partial charge in [-0.15, -0.1) is 0 Å². The maximum Gasteiger partial charge on any atom is 0.0837 e. The van der Waals surface area contributed by atoms with Crippen LogP contribution in [0, 0.1) is 13.8 Å². The molecule has 4 nitrogen and oxygen atoms in total. The van der Waals surface area contributed by atoms with E-state index < -0.39 is 0 Å². The third-order valence-electron chi connectivity index (χ3n) is 2.83. The lowest BCUT2D eigenvalue weighted by Gasteiger charge is -2.15. The molecule has 2 rings (SSSR count). The molecule has 0 saturated carbocycles. The first-order valence-corrected chi connectivity index (χ1v) is 5.75. The SMILES string of the molecule is Cc1ccc(C(N)c2c(Cl)cnn2C)c(C)n1. The van der Waals surface area contributed by atoms with Gasteiger partial charge in [0.25, 0.3) is 0 Å². The lowest BCUT2D eigenvalue weighted by molar-refractivity contribution is 0.669. The summed E-state index contributed by atoms with van der Waals surface area (Å²) in [7, 11) is 1.83. The van der Waals surface area contributed by atoms with Crippen LogP contribution >= 0.6 is 11.6 Å². The highest BCUT2D eigenvalue weighted by Crippen LogP contribution is 2.27. The smallest absolute Gasteiger partial charge is 0.0837 e. The molecule has 0 spiro atoms. The van der Waals surface area contributed by atoms with Crippen molar-refractivity contribution >= 4 is 11.6 Å². The number of hydrogen-bond acceptors (Lipinski definition) is 3. The first-order chi connectivity index (χ1) is 8.00. The molecule has 17 heavy (non-hydrogen) atoms. The highest BCUT2D eigenvalue weighted by molar-refractivity contribution is 6.31. The van der Waals surface area contributed by atoms with Crippen LogP contribution in [0.5, 0.6) is 0 Å². The molecule has 0 aliphatic carbocycles. The third-order valence-corrected chi connectivity index (χ3v) is 3.12. The molecule has 90 valence electrons. The molecule has 2 aromatic rings. The minimum atomic E-state index is -0.303. The molecule has 0 aliphatic heterocycles. The van der Waals surface area contributed by atoms with E-state index in [1.54, 1.807) is 10.9 Å². The Hall–Kier alpha value is -1.39. The average molecular weight is 251 g/mol. The van der Waals surface area contributed by atoms with Gasteiger partial charge in [-0.1, -0.05) is 17.7 Å². The highest BCUT2D eigenvalue weighted by atomic mass is 35.5. The molecular formula is C12H15ClN4. The zero-order valence-electron chi connectivity index (χ0n) is 10.1. The van der Waals surface area contributed by atoms with E-state index in [1.807, 2.05) is 33.0 Å². The molecule has 0 fully saturated rings. The second kappa shape index (κ2) is 4.47. The fraction of sp³-hybridized carbons (Fsp3) is 0.333. The van der Waals surface area contributed by atoms with Gasteiger partial charge in [-0.2, -0.15) is 5.10 Å². The Morgan fingerprint density at radius 2 is 2.06 bits per heavy atom. The summed E-state index contributed by atoms with van der Waals surface area (Å²) < 4.78 is 1.70. The van der Waals surface area contributed by atoms with Crippen LogP contribution in [0.1, 0.15) is 28.7 Å². The van der Waals surface area contributed by atoms with Gasteiger partial charge >= 0.3 is 0 Å². The normalized spacial score (nSPS) is 12.8. The third kappa shape index (κ3) is 2.18. The Balaban J connectivity index is 2.47. The van der Waals surface area contributed by atoms with E-state index in [1.165, 1.54) is 0 Å². The van der Waals surface area contributed by atoms with Gasteiger partial charge < -0.3 is 5.73 Å². The van der Waals surface area contributed by atoms with Crippen LogP contribution in [0.2, 0.25) is 5.02 Å². The predicted octanol–water partition coefficient (Wildman–Crippen LogP) is 2.13. The summed E-state index contributed by atoms with van der Waals surface area (Å²) in [6.45, 7) is 3.91. The lowest BCUT2D eigenvalue weighted by Crippen LogP contribution is -2.18. The second-order valence-electron chi connectivity index (χ2n) is 4.11. The quantitative estimate of drug-likeness (QED) is 0.888. The summed E-state index contributed by atoms with van der Waals surface area (Å²) in [5.41, 5.74) is 9.91. The molecule has 2 N–H and O–H groups in total. The predicted molar refractivity (Wildman–Crippen MR) is 68.0 cm³/mol. The van der Waals surface area contributed by atoms with Crippen molar-refractivity contribution in [3.8, 4) is 0 Å². The molecule has 1 unspecified atom stereocenters. The maximum atomic E-state index is 6.23. The zero-order valence-corrected chi connectivity index (χ0v) is 10.9. The molecule has 0 aromatic carbocycles. The zero-order chi connectivity index (χ0) is 12.6. The van der Waals surface area contributed by atoms with Gasteiger partial charge in [-0.25, -0.2) is 0 Å². The van der Waals surface area contributed by atoms with E-state index in [9.17, 15) is 0 Å². The van der Waals surface area contributed by atoms with Crippen LogP contribution in [-0.4, -0.2) is 14.8 Å². The highest BCUT2D eigenvalue weighted by Gasteiger charge is 2.19. The largest absolute Gasteiger partial charge is 0.319 e. The van der Waals surface area contributed by atoms with Gasteiger partial charge in [0.1, 0.15) is 0 Å². The molecule has 0 radical (unpaired) electrons. The fourth-order valence-electron chi connectivity index (χ4n) is 1.94. The molecular weight excluding hydrogens is 236 g/mol. The van der Waals surface area contributed by atoms with Crippen LogP contribution in [0.15, 0.2) is 18.3 Å². The molecule has 0 amide bonds. The van der Waals surface area contributed by atoms with Crippen molar-refractivity contribution in [2.75, 3.05) is 0 Å². The standard InChI is InChI=1S/C12H15ClN4/c1-7-4-5-9(8(2)16-7)11(14)12-10(13)6-15-17(12)3/h4-6,11H,14H2,1-3H3. The summed E-state index contributed by atoms with van der Waals surface area (Å²) in [4.78, 5) is 4.41. The summed E-state index contributed by atoms with van der Waals surface area (Å²) in [5, 5.41) is 4.68. The minimum absolute atomic E-state index is 0.303. The number of hydrogen-bond donors (Lipinski definition) is 1. The lowest BCUT2D eigenvalue weighted by atomic mass is 10.0. The van der Waals surface area contributed by atoms with Crippen molar-refractivity contribution < 1.29 is 0 Å². The van der Waals surface area contributed by atoms with Crippen LogP contribution in [-0.2, 0) is 7.05 Å². The minimum Gasteiger partial charge on any atom is -0.319 e. The Morgan fingerprint density at radius 1 is 1.35 bits per heavy atom.